The van der Waals surface area contributed by atoms with Crippen LogP contribution in [0.2, 0.25) is 0 Å². The van der Waals surface area contributed by atoms with Crippen LogP contribution in [0, 0.1) is 5.41 Å². The molecule has 1 aromatic carbocycles. The third-order valence-electron chi connectivity index (χ3n) is 4.23. The van der Waals surface area contributed by atoms with Gasteiger partial charge in [-0.15, -0.1) is 0 Å². The van der Waals surface area contributed by atoms with E-state index in [1.807, 2.05) is 13.8 Å². The molecule has 0 amide bonds. The monoisotopic (exact) mass is 258 g/mol. The van der Waals surface area contributed by atoms with Crippen molar-refractivity contribution in [1.29, 1.82) is 0 Å². The summed E-state index contributed by atoms with van der Waals surface area (Å²) in [6.45, 7) is 5.61. The average molecular weight is 258 g/mol. The molecular formula is C17H22O2. The van der Waals surface area contributed by atoms with Crippen LogP contribution in [0.1, 0.15) is 38.7 Å². The molecule has 0 radical (unpaired) electrons. The lowest BCUT2D eigenvalue weighted by Crippen LogP contribution is -2.47. The van der Waals surface area contributed by atoms with Crippen LogP contribution in [0.4, 0.5) is 0 Å². The van der Waals surface area contributed by atoms with E-state index in [0.29, 0.717) is 0 Å². The Morgan fingerprint density at radius 2 is 1.68 bits per heavy atom. The molecule has 1 aliphatic heterocycles. The first-order valence-electron chi connectivity index (χ1n) is 7.11. The second-order valence-corrected chi connectivity index (χ2v) is 6.29. The Morgan fingerprint density at radius 3 is 2.37 bits per heavy atom. The van der Waals surface area contributed by atoms with Crippen molar-refractivity contribution in [2.45, 2.75) is 38.9 Å². The first-order chi connectivity index (χ1) is 9.09. The van der Waals surface area contributed by atoms with Crippen molar-refractivity contribution in [2.75, 3.05) is 13.2 Å². The third kappa shape index (κ3) is 2.75. The molecule has 1 fully saturated rings. The summed E-state index contributed by atoms with van der Waals surface area (Å²) in [5.74, 6) is -0.417. The fourth-order valence-corrected chi connectivity index (χ4v) is 2.97. The van der Waals surface area contributed by atoms with Crippen molar-refractivity contribution in [1.82, 2.24) is 0 Å². The van der Waals surface area contributed by atoms with E-state index in [4.69, 9.17) is 9.47 Å². The zero-order valence-electron chi connectivity index (χ0n) is 11.8. The van der Waals surface area contributed by atoms with Crippen LogP contribution in [0.25, 0.3) is 5.57 Å². The van der Waals surface area contributed by atoms with Gasteiger partial charge in [0.1, 0.15) is 0 Å². The van der Waals surface area contributed by atoms with E-state index in [0.717, 1.165) is 26.1 Å². The maximum atomic E-state index is 5.89. The Balaban J connectivity index is 1.76. The predicted molar refractivity (Wildman–Crippen MR) is 76.7 cm³/mol. The van der Waals surface area contributed by atoms with Crippen molar-refractivity contribution < 1.29 is 9.47 Å². The number of rotatable bonds is 1. The van der Waals surface area contributed by atoms with Gasteiger partial charge in [-0.2, -0.15) is 0 Å². The number of hydrogen-bond acceptors (Lipinski definition) is 2. The fourth-order valence-electron chi connectivity index (χ4n) is 2.97. The summed E-state index contributed by atoms with van der Waals surface area (Å²) in [5.41, 5.74) is 2.96. The van der Waals surface area contributed by atoms with E-state index in [1.54, 1.807) is 0 Å². The van der Waals surface area contributed by atoms with Crippen LogP contribution < -0.4 is 0 Å². The van der Waals surface area contributed by atoms with Gasteiger partial charge in [0, 0.05) is 5.41 Å². The molecule has 2 nitrogen and oxygen atoms in total. The van der Waals surface area contributed by atoms with Gasteiger partial charge in [-0.05, 0) is 44.2 Å². The molecule has 19 heavy (non-hydrogen) atoms. The summed E-state index contributed by atoms with van der Waals surface area (Å²) in [6, 6.07) is 10.7. The van der Waals surface area contributed by atoms with Crippen LogP contribution in [-0.2, 0) is 9.47 Å². The van der Waals surface area contributed by atoms with Crippen molar-refractivity contribution in [3.8, 4) is 0 Å². The molecule has 1 saturated heterocycles. The highest BCUT2D eigenvalue weighted by atomic mass is 16.7. The number of ether oxygens (including phenoxy) is 2. The molecule has 2 heteroatoms. The molecule has 0 bridgehead atoms. The highest BCUT2D eigenvalue weighted by Crippen LogP contribution is 2.44. The molecule has 0 unspecified atom stereocenters. The standard InChI is InChI=1S/C17H22O2/c1-16(2)18-12-17(13-19-16)10-6-9-15(11-17)14-7-4-3-5-8-14/h3-5,7-9H,6,10-13H2,1-2H3. The van der Waals surface area contributed by atoms with Crippen LogP contribution in [-0.4, -0.2) is 19.0 Å². The van der Waals surface area contributed by atoms with Crippen molar-refractivity contribution in [3.05, 3.63) is 42.0 Å². The second-order valence-electron chi connectivity index (χ2n) is 6.29. The van der Waals surface area contributed by atoms with Gasteiger partial charge < -0.3 is 9.47 Å². The lowest BCUT2D eigenvalue weighted by Gasteiger charge is -2.45. The van der Waals surface area contributed by atoms with E-state index in [9.17, 15) is 0 Å². The summed E-state index contributed by atoms with van der Waals surface area (Å²) >= 11 is 0. The molecule has 1 aromatic rings. The van der Waals surface area contributed by atoms with Gasteiger partial charge in [0.2, 0.25) is 0 Å². The Bertz CT molecular complexity index is 463. The molecule has 0 N–H and O–H groups in total. The quantitative estimate of drug-likeness (QED) is 0.757. The average Bonchev–Trinajstić information content (AvgIpc) is 2.44. The molecule has 0 saturated carbocycles. The molecule has 0 atom stereocenters. The minimum absolute atomic E-state index is 0.176. The van der Waals surface area contributed by atoms with E-state index in [-0.39, 0.29) is 5.41 Å². The van der Waals surface area contributed by atoms with Crippen molar-refractivity contribution in [3.63, 3.8) is 0 Å². The van der Waals surface area contributed by atoms with Gasteiger partial charge in [-0.3, -0.25) is 0 Å². The third-order valence-corrected chi connectivity index (χ3v) is 4.23. The van der Waals surface area contributed by atoms with Gasteiger partial charge in [-0.25, -0.2) is 0 Å². The van der Waals surface area contributed by atoms with Gasteiger partial charge >= 0.3 is 0 Å². The highest BCUT2D eigenvalue weighted by Gasteiger charge is 2.41. The van der Waals surface area contributed by atoms with Gasteiger partial charge in [0.15, 0.2) is 5.79 Å². The number of allylic oxidation sites excluding steroid dienone is 2. The zero-order chi connectivity index (χ0) is 13.3. The Hall–Kier alpha value is -1.12. The summed E-state index contributed by atoms with van der Waals surface area (Å²) in [7, 11) is 0. The van der Waals surface area contributed by atoms with Crippen LogP contribution >= 0.6 is 0 Å². The Labute approximate surface area is 115 Å². The molecular weight excluding hydrogens is 236 g/mol. The van der Waals surface area contributed by atoms with Crippen molar-refractivity contribution >= 4 is 5.57 Å². The van der Waals surface area contributed by atoms with E-state index in [1.165, 1.54) is 17.6 Å². The first-order valence-corrected chi connectivity index (χ1v) is 7.11. The first kappa shape index (κ1) is 12.9. The SMILES string of the molecule is CC1(C)OCC2(CCC=C(c3ccccc3)C2)CO1. The lowest BCUT2D eigenvalue weighted by atomic mass is 9.73. The van der Waals surface area contributed by atoms with Gasteiger partial charge in [0.25, 0.3) is 0 Å². The predicted octanol–water partition coefficient (Wildman–Crippen LogP) is 4.02. The number of hydrogen-bond donors (Lipinski definition) is 0. The van der Waals surface area contributed by atoms with Crippen LogP contribution in [0.5, 0.6) is 0 Å². The molecule has 102 valence electrons. The molecule has 1 heterocycles. The number of benzene rings is 1. The second kappa shape index (κ2) is 4.77. The molecule has 3 rings (SSSR count). The lowest BCUT2D eigenvalue weighted by molar-refractivity contribution is -0.286. The maximum Gasteiger partial charge on any atom is 0.162 e. The minimum Gasteiger partial charge on any atom is -0.350 e. The zero-order valence-corrected chi connectivity index (χ0v) is 11.8. The fraction of sp³-hybridized carbons (Fsp3) is 0.529. The van der Waals surface area contributed by atoms with Crippen molar-refractivity contribution in [2.24, 2.45) is 5.41 Å². The van der Waals surface area contributed by atoms with E-state index < -0.39 is 5.79 Å². The molecule has 1 aliphatic carbocycles. The highest BCUT2D eigenvalue weighted by molar-refractivity contribution is 5.66. The minimum atomic E-state index is -0.417. The van der Waals surface area contributed by atoms with Gasteiger partial charge in [0.05, 0.1) is 13.2 Å². The van der Waals surface area contributed by atoms with Crippen LogP contribution in [0.15, 0.2) is 36.4 Å². The normalized spacial score (nSPS) is 25.1. The summed E-state index contributed by atoms with van der Waals surface area (Å²) in [5, 5.41) is 0. The van der Waals surface area contributed by atoms with E-state index >= 15 is 0 Å². The maximum absolute atomic E-state index is 5.89. The largest absolute Gasteiger partial charge is 0.350 e. The summed E-state index contributed by atoms with van der Waals surface area (Å²) in [4.78, 5) is 0. The Morgan fingerprint density at radius 1 is 1.00 bits per heavy atom. The molecule has 1 spiro atoms. The molecule has 0 aromatic heterocycles. The van der Waals surface area contributed by atoms with Crippen LogP contribution in [0.3, 0.4) is 0 Å². The smallest absolute Gasteiger partial charge is 0.162 e. The summed E-state index contributed by atoms with van der Waals surface area (Å²) in [6.07, 6.45) is 5.73. The van der Waals surface area contributed by atoms with E-state index in [2.05, 4.69) is 36.4 Å². The van der Waals surface area contributed by atoms with Gasteiger partial charge in [-0.1, -0.05) is 36.4 Å². The summed E-state index contributed by atoms with van der Waals surface area (Å²) < 4.78 is 11.8. The molecule has 2 aliphatic rings. The topological polar surface area (TPSA) is 18.5 Å². The Kier molecular flexibility index (Phi) is 3.23.